The fourth-order valence-corrected chi connectivity index (χ4v) is 1.85. The van der Waals surface area contributed by atoms with E-state index in [-0.39, 0.29) is 18.5 Å². The van der Waals surface area contributed by atoms with Crippen LogP contribution in [0.5, 0.6) is 0 Å². The summed E-state index contributed by atoms with van der Waals surface area (Å²) < 4.78 is 35.6. The third-order valence-electron chi connectivity index (χ3n) is 3.04. The van der Waals surface area contributed by atoms with Crippen molar-refractivity contribution in [2.75, 3.05) is 33.9 Å². The summed E-state index contributed by atoms with van der Waals surface area (Å²) in [5.74, 6) is -3.03. The summed E-state index contributed by atoms with van der Waals surface area (Å²) >= 11 is 0. The van der Waals surface area contributed by atoms with Crippen molar-refractivity contribution in [1.29, 1.82) is 0 Å². The van der Waals surface area contributed by atoms with Gasteiger partial charge in [0.05, 0.1) is 13.5 Å². The monoisotopic (exact) mass is 315 g/mol. The van der Waals surface area contributed by atoms with Crippen molar-refractivity contribution in [2.24, 2.45) is 0 Å². The number of hydrogen-bond donors (Lipinski definition) is 0. The summed E-state index contributed by atoms with van der Waals surface area (Å²) in [6.45, 7) is 0.913. The Morgan fingerprint density at radius 1 is 1.14 bits per heavy atom. The molecule has 1 amide bonds. The van der Waals surface area contributed by atoms with Gasteiger partial charge < -0.3 is 14.4 Å². The molecule has 0 aliphatic heterocycles. The Hall–Kier alpha value is -2.02. The number of hydrogen-bond acceptors (Lipinski definition) is 4. The lowest BCUT2D eigenvalue weighted by Gasteiger charge is -2.22. The quantitative estimate of drug-likeness (QED) is 0.544. The minimum absolute atomic E-state index is 0.0267. The second-order valence-electron chi connectivity index (χ2n) is 4.59. The van der Waals surface area contributed by atoms with Gasteiger partial charge in [-0.3, -0.25) is 9.59 Å². The van der Waals surface area contributed by atoms with Crippen LogP contribution >= 0.6 is 0 Å². The molecule has 0 aliphatic carbocycles. The summed E-state index contributed by atoms with van der Waals surface area (Å²) in [6, 6.07) is 2.96. The molecule has 0 spiro atoms. The fraction of sp³-hybridized carbons (Fsp3) is 0.467. The first kappa shape index (κ1) is 18.0. The molecule has 0 saturated heterocycles. The van der Waals surface area contributed by atoms with Gasteiger partial charge in [0.25, 0.3) is 5.91 Å². The van der Waals surface area contributed by atoms with Gasteiger partial charge in [-0.05, 0) is 24.6 Å². The molecule has 0 unspecified atom stereocenters. The zero-order valence-electron chi connectivity index (χ0n) is 12.6. The van der Waals surface area contributed by atoms with E-state index in [0.29, 0.717) is 19.6 Å². The normalized spacial score (nSPS) is 10.4. The van der Waals surface area contributed by atoms with Gasteiger partial charge in [0.15, 0.2) is 11.6 Å². The van der Waals surface area contributed by atoms with Crippen molar-refractivity contribution in [2.45, 2.75) is 12.8 Å². The number of nitrogens with zero attached hydrogens (tertiary/aromatic N) is 1. The first-order valence-corrected chi connectivity index (χ1v) is 6.79. The van der Waals surface area contributed by atoms with Crippen LogP contribution in [0, 0.1) is 11.6 Å². The predicted octanol–water partition coefficient (Wildman–Crippen LogP) is 2.01. The highest BCUT2D eigenvalue weighted by Crippen LogP contribution is 2.12. The lowest BCUT2D eigenvalue weighted by atomic mass is 10.1. The molecule has 0 aromatic heterocycles. The molecule has 5 nitrogen and oxygen atoms in total. The third-order valence-corrected chi connectivity index (χ3v) is 3.04. The Morgan fingerprint density at radius 2 is 1.86 bits per heavy atom. The highest BCUT2D eigenvalue weighted by molar-refractivity contribution is 5.94. The molecule has 0 bridgehead atoms. The van der Waals surface area contributed by atoms with Gasteiger partial charge in [-0.2, -0.15) is 0 Å². The lowest BCUT2D eigenvalue weighted by Crippen LogP contribution is -2.34. The number of esters is 1. The first-order chi connectivity index (χ1) is 10.5. The number of benzene rings is 1. The number of rotatable bonds is 8. The van der Waals surface area contributed by atoms with Crippen LogP contribution in [0.15, 0.2) is 18.2 Å². The van der Waals surface area contributed by atoms with Crippen molar-refractivity contribution < 1.29 is 27.8 Å². The molecule has 1 aromatic rings. The van der Waals surface area contributed by atoms with Gasteiger partial charge in [0.2, 0.25) is 0 Å². The van der Waals surface area contributed by atoms with Crippen LogP contribution < -0.4 is 0 Å². The molecule has 1 rings (SSSR count). The molecule has 0 fully saturated rings. The number of methoxy groups -OCH3 is 2. The first-order valence-electron chi connectivity index (χ1n) is 6.79. The molecular weight excluding hydrogens is 296 g/mol. The Balaban J connectivity index is 2.80. The fourth-order valence-electron chi connectivity index (χ4n) is 1.85. The zero-order valence-corrected chi connectivity index (χ0v) is 12.6. The average molecular weight is 315 g/mol. The molecule has 0 aliphatic rings. The predicted molar refractivity (Wildman–Crippen MR) is 75.4 cm³/mol. The van der Waals surface area contributed by atoms with Crippen molar-refractivity contribution in [3.8, 4) is 0 Å². The summed E-state index contributed by atoms with van der Waals surface area (Å²) in [5, 5.41) is 0. The van der Waals surface area contributed by atoms with Crippen molar-refractivity contribution in [1.82, 2.24) is 4.90 Å². The molecule has 0 atom stereocenters. The van der Waals surface area contributed by atoms with Gasteiger partial charge in [-0.1, -0.05) is 0 Å². The van der Waals surface area contributed by atoms with Crippen LogP contribution in [0.2, 0.25) is 0 Å². The smallest absolute Gasteiger partial charge is 0.307 e. The van der Waals surface area contributed by atoms with E-state index in [1.165, 1.54) is 25.2 Å². The maximum atomic E-state index is 13.2. The molecule has 22 heavy (non-hydrogen) atoms. The molecule has 7 heteroatoms. The molecule has 122 valence electrons. The van der Waals surface area contributed by atoms with Crippen LogP contribution in [0.25, 0.3) is 0 Å². The SMILES string of the molecule is COCCCN(CCC(=O)OC)C(=O)c1ccc(F)c(F)c1. The van der Waals surface area contributed by atoms with Crippen molar-refractivity contribution in [3.63, 3.8) is 0 Å². The maximum Gasteiger partial charge on any atom is 0.307 e. The largest absolute Gasteiger partial charge is 0.469 e. The number of halogens is 2. The van der Waals surface area contributed by atoms with Gasteiger partial charge in [-0.25, -0.2) is 8.78 Å². The van der Waals surface area contributed by atoms with Gasteiger partial charge >= 0.3 is 5.97 Å². The summed E-state index contributed by atoms with van der Waals surface area (Å²) in [4.78, 5) is 24.9. The van der Waals surface area contributed by atoms with Crippen LogP contribution in [0.1, 0.15) is 23.2 Å². The standard InChI is InChI=1S/C15H19F2NO4/c1-21-9-3-7-18(8-6-14(19)22-2)15(20)11-4-5-12(16)13(17)10-11/h4-5,10H,3,6-9H2,1-2H3. The Bertz CT molecular complexity index is 522. The minimum atomic E-state index is -1.09. The number of carbonyl (C=O) groups excluding carboxylic acids is 2. The molecular formula is C15H19F2NO4. The van der Waals surface area contributed by atoms with Crippen LogP contribution in [0.4, 0.5) is 8.78 Å². The van der Waals surface area contributed by atoms with E-state index in [9.17, 15) is 18.4 Å². The summed E-state index contributed by atoms with van der Waals surface area (Å²) in [7, 11) is 2.80. The Morgan fingerprint density at radius 3 is 2.45 bits per heavy atom. The van der Waals surface area contributed by atoms with E-state index in [0.717, 1.165) is 12.1 Å². The van der Waals surface area contributed by atoms with E-state index in [1.54, 1.807) is 0 Å². The average Bonchev–Trinajstić information content (AvgIpc) is 2.52. The molecule has 1 aromatic carbocycles. The van der Waals surface area contributed by atoms with Crippen LogP contribution in [-0.4, -0.2) is 50.7 Å². The van der Waals surface area contributed by atoms with Crippen LogP contribution in [0.3, 0.4) is 0 Å². The molecule has 0 saturated carbocycles. The number of ether oxygens (including phenoxy) is 2. The Kier molecular flexibility index (Phi) is 7.45. The molecule has 0 radical (unpaired) electrons. The number of carbonyl (C=O) groups is 2. The van der Waals surface area contributed by atoms with Crippen LogP contribution in [-0.2, 0) is 14.3 Å². The highest BCUT2D eigenvalue weighted by atomic mass is 19.2. The van der Waals surface area contributed by atoms with Gasteiger partial charge in [0.1, 0.15) is 0 Å². The van der Waals surface area contributed by atoms with Crippen molar-refractivity contribution in [3.05, 3.63) is 35.4 Å². The van der Waals surface area contributed by atoms with Gasteiger partial charge in [0, 0.05) is 32.4 Å². The highest BCUT2D eigenvalue weighted by Gasteiger charge is 2.18. The van der Waals surface area contributed by atoms with E-state index in [2.05, 4.69) is 4.74 Å². The second-order valence-corrected chi connectivity index (χ2v) is 4.59. The van der Waals surface area contributed by atoms with E-state index in [4.69, 9.17) is 4.74 Å². The summed E-state index contributed by atoms with van der Waals surface area (Å²) in [5.41, 5.74) is 0.0289. The topological polar surface area (TPSA) is 55.8 Å². The minimum Gasteiger partial charge on any atom is -0.469 e. The zero-order chi connectivity index (χ0) is 16.5. The molecule has 0 N–H and O–H groups in total. The maximum absolute atomic E-state index is 13.2. The lowest BCUT2D eigenvalue weighted by molar-refractivity contribution is -0.140. The van der Waals surface area contributed by atoms with Gasteiger partial charge in [-0.15, -0.1) is 0 Å². The van der Waals surface area contributed by atoms with E-state index < -0.39 is 23.5 Å². The second kappa shape index (κ2) is 9.09. The summed E-state index contributed by atoms with van der Waals surface area (Å²) in [6.07, 6.45) is 0.589. The van der Waals surface area contributed by atoms with E-state index >= 15 is 0 Å². The number of amides is 1. The third kappa shape index (κ3) is 5.40. The van der Waals surface area contributed by atoms with E-state index in [1.807, 2.05) is 0 Å². The molecule has 0 heterocycles. The Labute approximate surface area is 127 Å². The van der Waals surface area contributed by atoms with Crippen molar-refractivity contribution >= 4 is 11.9 Å².